The van der Waals surface area contributed by atoms with Crippen LogP contribution >= 0.6 is 0 Å². The minimum atomic E-state index is -0.608. The predicted octanol–water partition coefficient (Wildman–Crippen LogP) is 2.63. The number of rotatable bonds is 1. The SMILES string of the molecule is CC(C)c1nc2c(=O)[nH]ccc2n1C(=O)OC(C)(C)C. The van der Waals surface area contributed by atoms with Crippen molar-refractivity contribution in [2.24, 2.45) is 0 Å². The molecule has 0 fully saturated rings. The molecule has 0 radical (unpaired) electrons. The van der Waals surface area contributed by atoms with Crippen LogP contribution in [0.1, 0.15) is 46.4 Å². The first-order valence-electron chi connectivity index (χ1n) is 6.54. The molecule has 0 aliphatic heterocycles. The third kappa shape index (κ3) is 2.59. The number of hydrogen-bond donors (Lipinski definition) is 1. The normalized spacial score (nSPS) is 12.1. The van der Waals surface area contributed by atoms with Crippen LogP contribution in [-0.4, -0.2) is 26.2 Å². The van der Waals surface area contributed by atoms with Crippen molar-refractivity contribution < 1.29 is 9.53 Å². The van der Waals surface area contributed by atoms with Gasteiger partial charge in [-0.2, -0.15) is 0 Å². The van der Waals surface area contributed by atoms with Gasteiger partial charge in [0.05, 0.1) is 5.52 Å². The lowest BCUT2D eigenvalue weighted by Crippen LogP contribution is -2.28. The van der Waals surface area contributed by atoms with E-state index in [1.807, 2.05) is 13.8 Å². The van der Waals surface area contributed by atoms with Crippen LogP contribution in [-0.2, 0) is 4.74 Å². The van der Waals surface area contributed by atoms with E-state index in [1.54, 1.807) is 26.8 Å². The van der Waals surface area contributed by atoms with E-state index in [1.165, 1.54) is 10.8 Å². The molecule has 0 atom stereocenters. The van der Waals surface area contributed by atoms with Crippen LogP contribution in [0.15, 0.2) is 17.1 Å². The number of nitrogens with one attached hydrogen (secondary N) is 1. The highest BCUT2D eigenvalue weighted by molar-refractivity contribution is 5.87. The number of hydrogen-bond acceptors (Lipinski definition) is 4. The zero-order chi connectivity index (χ0) is 15.1. The molecule has 0 spiro atoms. The molecule has 0 saturated heterocycles. The third-order valence-corrected chi connectivity index (χ3v) is 2.70. The summed E-state index contributed by atoms with van der Waals surface area (Å²) >= 11 is 0. The Kier molecular flexibility index (Phi) is 3.41. The Balaban J connectivity index is 2.67. The highest BCUT2D eigenvalue weighted by atomic mass is 16.6. The lowest BCUT2D eigenvalue weighted by atomic mass is 10.2. The quantitative estimate of drug-likeness (QED) is 0.869. The molecule has 2 aromatic rings. The van der Waals surface area contributed by atoms with Crippen molar-refractivity contribution >= 4 is 17.1 Å². The van der Waals surface area contributed by atoms with Crippen LogP contribution < -0.4 is 5.56 Å². The molecule has 0 aliphatic rings. The highest BCUT2D eigenvalue weighted by Gasteiger charge is 2.25. The lowest BCUT2D eigenvalue weighted by molar-refractivity contribution is 0.0537. The van der Waals surface area contributed by atoms with Crippen molar-refractivity contribution in [2.45, 2.75) is 46.1 Å². The first-order valence-corrected chi connectivity index (χ1v) is 6.54. The first kappa shape index (κ1) is 14.3. The number of carbonyl (C=O) groups excluding carboxylic acids is 1. The van der Waals surface area contributed by atoms with Gasteiger partial charge in [0.2, 0.25) is 0 Å². The van der Waals surface area contributed by atoms with Gasteiger partial charge in [0.15, 0.2) is 5.52 Å². The molecule has 20 heavy (non-hydrogen) atoms. The van der Waals surface area contributed by atoms with Gasteiger partial charge in [-0.1, -0.05) is 13.8 Å². The number of aromatic amines is 1. The lowest BCUT2D eigenvalue weighted by Gasteiger charge is -2.20. The van der Waals surface area contributed by atoms with E-state index in [0.717, 1.165) is 0 Å². The van der Waals surface area contributed by atoms with Crippen molar-refractivity contribution in [1.82, 2.24) is 14.5 Å². The van der Waals surface area contributed by atoms with Crippen molar-refractivity contribution in [3.05, 3.63) is 28.4 Å². The summed E-state index contributed by atoms with van der Waals surface area (Å²) in [5.74, 6) is 0.514. The predicted molar refractivity (Wildman–Crippen MR) is 76.1 cm³/mol. The number of carbonyl (C=O) groups is 1. The van der Waals surface area contributed by atoms with Crippen molar-refractivity contribution in [2.75, 3.05) is 0 Å². The number of imidazole rings is 1. The van der Waals surface area contributed by atoms with Gasteiger partial charge in [-0.3, -0.25) is 4.79 Å². The van der Waals surface area contributed by atoms with E-state index in [4.69, 9.17) is 4.74 Å². The molecule has 2 heterocycles. The molecule has 0 bridgehead atoms. The van der Waals surface area contributed by atoms with Gasteiger partial charge in [0.25, 0.3) is 5.56 Å². The van der Waals surface area contributed by atoms with Gasteiger partial charge in [-0.25, -0.2) is 14.3 Å². The fraction of sp³-hybridized carbons (Fsp3) is 0.500. The zero-order valence-electron chi connectivity index (χ0n) is 12.4. The van der Waals surface area contributed by atoms with Crippen LogP contribution in [0, 0.1) is 0 Å². The summed E-state index contributed by atoms with van der Waals surface area (Å²) in [6.07, 6.45) is 0.978. The van der Waals surface area contributed by atoms with Gasteiger partial charge >= 0.3 is 6.09 Å². The molecule has 0 amide bonds. The Morgan fingerprint density at radius 2 is 2.05 bits per heavy atom. The topological polar surface area (TPSA) is 77.0 Å². The van der Waals surface area contributed by atoms with E-state index >= 15 is 0 Å². The van der Waals surface area contributed by atoms with Crippen LogP contribution in [0.5, 0.6) is 0 Å². The molecule has 0 unspecified atom stereocenters. The average Bonchev–Trinajstić information content (AvgIpc) is 2.67. The molecule has 0 aliphatic carbocycles. The Morgan fingerprint density at radius 1 is 1.40 bits per heavy atom. The molecular formula is C14H19N3O3. The third-order valence-electron chi connectivity index (χ3n) is 2.70. The molecule has 6 heteroatoms. The number of pyridine rings is 1. The van der Waals surface area contributed by atoms with Gasteiger partial charge in [-0.05, 0) is 26.8 Å². The van der Waals surface area contributed by atoms with E-state index in [-0.39, 0.29) is 17.0 Å². The van der Waals surface area contributed by atoms with Crippen molar-refractivity contribution in [3.8, 4) is 0 Å². The Labute approximate surface area is 116 Å². The Hall–Kier alpha value is -2.11. The second kappa shape index (κ2) is 4.77. The van der Waals surface area contributed by atoms with E-state index < -0.39 is 11.7 Å². The summed E-state index contributed by atoms with van der Waals surface area (Å²) in [5, 5.41) is 0. The van der Waals surface area contributed by atoms with Crippen molar-refractivity contribution in [3.63, 3.8) is 0 Å². The second-order valence-corrected chi connectivity index (χ2v) is 5.98. The summed E-state index contributed by atoms with van der Waals surface area (Å²) in [4.78, 5) is 31.0. The van der Waals surface area contributed by atoms with Gasteiger partial charge in [-0.15, -0.1) is 0 Å². The highest BCUT2D eigenvalue weighted by Crippen LogP contribution is 2.21. The summed E-state index contributed by atoms with van der Waals surface area (Å²) in [6.45, 7) is 9.22. The summed E-state index contributed by atoms with van der Waals surface area (Å²) in [7, 11) is 0. The molecule has 6 nitrogen and oxygen atoms in total. The molecule has 2 rings (SSSR count). The smallest absolute Gasteiger partial charge is 0.420 e. The van der Waals surface area contributed by atoms with Crippen LogP contribution in [0.4, 0.5) is 4.79 Å². The maximum absolute atomic E-state index is 12.4. The standard InChI is InChI=1S/C14H19N3O3/c1-8(2)11-16-10-9(6-7-15-12(10)18)17(11)13(19)20-14(3,4)5/h6-8H,1-5H3,(H,15,18). The van der Waals surface area contributed by atoms with Crippen molar-refractivity contribution in [1.29, 1.82) is 0 Å². The molecular weight excluding hydrogens is 258 g/mol. The number of H-pyrrole nitrogens is 1. The maximum Gasteiger partial charge on any atom is 0.420 e. The fourth-order valence-electron chi connectivity index (χ4n) is 1.92. The molecule has 0 saturated carbocycles. The van der Waals surface area contributed by atoms with E-state index in [2.05, 4.69) is 9.97 Å². The second-order valence-electron chi connectivity index (χ2n) is 5.98. The summed E-state index contributed by atoms with van der Waals surface area (Å²) in [5.41, 5.74) is -0.205. The number of fused-ring (bicyclic) bond motifs is 1. The average molecular weight is 277 g/mol. The van der Waals surface area contributed by atoms with Gasteiger partial charge < -0.3 is 9.72 Å². The first-order chi connectivity index (χ1) is 9.20. The molecule has 0 aromatic carbocycles. The summed E-state index contributed by atoms with van der Waals surface area (Å²) < 4.78 is 6.77. The van der Waals surface area contributed by atoms with E-state index in [9.17, 15) is 9.59 Å². The van der Waals surface area contributed by atoms with E-state index in [0.29, 0.717) is 11.3 Å². The Bertz CT molecular complexity index is 705. The summed E-state index contributed by atoms with van der Waals surface area (Å²) in [6, 6.07) is 1.65. The fourth-order valence-corrected chi connectivity index (χ4v) is 1.92. The number of aromatic nitrogens is 3. The van der Waals surface area contributed by atoms with Crippen LogP contribution in [0.2, 0.25) is 0 Å². The minimum Gasteiger partial charge on any atom is -0.443 e. The van der Waals surface area contributed by atoms with Gasteiger partial charge in [0.1, 0.15) is 11.4 Å². The minimum absolute atomic E-state index is 0.00526. The van der Waals surface area contributed by atoms with Crippen LogP contribution in [0.3, 0.4) is 0 Å². The molecule has 108 valence electrons. The van der Waals surface area contributed by atoms with Crippen LogP contribution in [0.25, 0.3) is 11.0 Å². The zero-order valence-corrected chi connectivity index (χ0v) is 12.4. The number of nitrogens with zero attached hydrogens (tertiary/aromatic N) is 2. The molecule has 1 N–H and O–H groups in total. The monoisotopic (exact) mass is 277 g/mol. The van der Waals surface area contributed by atoms with Gasteiger partial charge in [0, 0.05) is 12.1 Å². The number of ether oxygens (including phenoxy) is 1. The Morgan fingerprint density at radius 3 is 2.60 bits per heavy atom. The molecule has 2 aromatic heterocycles. The largest absolute Gasteiger partial charge is 0.443 e. The maximum atomic E-state index is 12.4.